The molecular weight excluding hydrogens is 435 g/mol. The van der Waals surface area contributed by atoms with Crippen molar-refractivity contribution in [1.82, 2.24) is 9.55 Å². The Balaban J connectivity index is 1.73. The molecular formula is C18H21N2O8PS. The number of benzene rings is 1. The van der Waals surface area contributed by atoms with E-state index in [-0.39, 0.29) is 13.0 Å². The van der Waals surface area contributed by atoms with Crippen LogP contribution in [-0.2, 0) is 30.6 Å². The SMILES string of the molecule is CC(=O)O[C@H]1C[C@H](n2cc(C)c(=O)[nH]c2=O)O[C@@H]1COP(O)(=S)Oc1ccccc1. The number of para-hydroxylation sites is 1. The summed E-state index contributed by atoms with van der Waals surface area (Å²) >= 11 is 5.03. The summed E-state index contributed by atoms with van der Waals surface area (Å²) in [5.41, 5.74) is -0.827. The Labute approximate surface area is 176 Å². The minimum absolute atomic E-state index is 0.146. The normalized spacial score (nSPS) is 23.0. The summed E-state index contributed by atoms with van der Waals surface area (Å²) in [6.45, 7) is -1.08. The Bertz CT molecular complexity index is 1070. The molecule has 1 unspecified atom stereocenters. The van der Waals surface area contributed by atoms with Gasteiger partial charge in [-0.2, -0.15) is 0 Å². The van der Waals surface area contributed by atoms with Gasteiger partial charge in [0.2, 0.25) is 0 Å². The number of nitrogens with zero attached hydrogens (tertiary/aromatic N) is 1. The van der Waals surface area contributed by atoms with Gasteiger partial charge in [-0.3, -0.25) is 23.7 Å². The fourth-order valence-corrected chi connectivity index (χ4v) is 4.18. The molecule has 1 aliphatic rings. The molecule has 10 nitrogen and oxygen atoms in total. The maximum absolute atomic E-state index is 12.2. The van der Waals surface area contributed by atoms with Gasteiger partial charge in [0.15, 0.2) is 0 Å². The Morgan fingerprint density at radius 3 is 2.73 bits per heavy atom. The highest BCUT2D eigenvalue weighted by Gasteiger charge is 2.40. The standard InChI is InChI=1S/C18H21N2O8PS/c1-11-9-20(18(23)19-17(11)22)16-8-14(26-12(2)21)15(27-16)10-25-29(24,30)28-13-6-4-3-5-7-13/h3-7,9,14-16H,8,10H2,1-2H3,(H,24,30)(H,19,22,23)/t14-,15+,16+,29?/m0/s1. The molecule has 0 amide bonds. The first-order valence-corrected chi connectivity index (χ1v) is 11.6. The summed E-state index contributed by atoms with van der Waals surface area (Å²) in [5, 5.41) is 0. The summed E-state index contributed by atoms with van der Waals surface area (Å²) < 4.78 is 23.0. The maximum Gasteiger partial charge on any atom is 0.378 e. The molecule has 12 heteroatoms. The van der Waals surface area contributed by atoms with Crippen LogP contribution in [0.1, 0.15) is 25.1 Å². The van der Waals surface area contributed by atoms with E-state index in [1.54, 1.807) is 37.3 Å². The highest BCUT2D eigenvalue weighted by Crippen LogP contribution is 2.45. The summed E-state index contributed by atoms with van der Waals surface area (Å²) in [6, 6.07) is 8.46. The first-order chi connectivity index (χ1) is 14.1. The van der Waals surface area contributed by atoms with Crippen molar-refractivity contribution in [3.63, 3.8) is 0 Å². The summed E-state index contributed by atoms with van der Waals surface area (Å²) in [6.07, 6.45) is -0.857. The molecule has 162 valence electrons. The van der Waals surface area contributed by atoms with E-state index in [0.29, 0.717) is 11.3 Å². The van der Waals surface area contributed by atoms with Crippen molar-refractivity contribution in [3.05, 3.63) is 62.9 Å². The van der Waals surface area contributed by atoms with Crippen LogP contribution in [0.3, 0.4) is 0 Å². The largest absolute Gasteiger partial charge is 0.460 e. The Morgan fingerprint density at radius 1 is 1.37 bits per heavy atom. The zero-order valence-electron chi connectivity index (χ0n) is 16.2. The van der Waals surface area contributed by atoms with E-state index in [2.05, 4.69) is 4.98 Å². The molecule has 0 aliphatic carbocycles. The first kappa shape index (κ1) is 22.4. The molecule has 1 aromatic carbocycles. The van der Waals surface area contributed by atoms with E-state index in [1.165, 1.54) is 17.7 Å². The molecule has 0 spiro atoms. The van der Waals surface area contributed by atoms with Gasteiger partial charge in [-0.1, -0.05) is 18.2 Å². The molecule has 30 heavy (non-hydrogen) atoms. The van der Waals surface area contributed by atoms with Crippen molar-refractivity contribution in [2.75, 3.05) is 6.61 Å². The van der Waals surface area contributed by atoms with Crippen LogP contribution in [-0.4, -0.2) is 39.2 Å². The van der Waals surface area contributed by atoms with Gasteiger partial charge in [0.25, 0.3) is 5.56 Å². The van der Waals surface area contributed by atoms with Gasteiger partial charge < -0.3 is 18.9 Å². The molecule has 2 aromatic rings. The molecule has 0 bridgehead atoms. The van der Waals surface area contributed by atoms with Crippen molar-refractivity contribution in [2.45, 2.75) is 38.7 Å². The number of esters is 1. The lowest BCUT2D eigenvalue weighted by Gasteiger charge is -2.22. The zero-order chi connectivity index (χ0) is 21.9. The molecule has 2 N–H and O–H groups in total. The van der Waals surface area contributed by atoms with E-state index >= 15 is 0 Å². The van der Waals surface area contributed by atoms with Crippen LogP contribution in [0.5, 0.6) is 5.75 Å². The van der Waals surface area contributed by atoms with Gasteiger partial charge in [-0.05, 0) is 19.1 Å². The molecule has 1 saturated heterocycles. The third kappa shape index (κ3) is 5.65. The van der Waals surface area contributed by atoms with Gasteiger partial charge in [0.1, 0.15) is 24.2 Å². The van der Waals surface area contributed by atoms with Crippen LogP contribution in [0.25, 0.3) is 0 Å². The summed E-state index contributed by atoms with van der Waals surface area (Å²) in [5.74, 6) is -0.191. The number of hydrogen-bond acceptors (Lipinski definition) is 8. The molecule has 1 fully saturated rings. The number of rotatable bonds is 7. The van der Waals surface area contributed by atoms with Crippen LogP contribution < -0.4 is 15.8 Å². The monoisotopic (exact) mass is 456 g/mol. The minimum Gasteiger partial charge on any atom is -0.460 e. The van der Waals surface area contributed by atoms with Crippen LogP contribution >= 0.6 is 6.72 Å². The zero-order valence-corrected chi connectivity index (χ0v) is 17.9. The van der Waals surface area contributed by atoms with E-state index in [1.807, 2.05) is 0 Å². The number of H-pyrrole nitrogens is 1. The number of aromatic nitrogens is 2. The van der Waals surface area contributed by atoms with E-state index in [9.17, 15) is 19.3 Å². The summed E-state index contributed by atoms with van der Waals surface area (Å²) in [4.78, 5) is 47.7. The molecule has 3 rings (SSSR count). The van der Waals surface area contributed by atoms with Crippen molar-refractivity contribution >= 4 is 24.5 Å². The smallest absolute Gasteiger partial charge is 0.378 e. The van der Waals surface area contributed by atoms with Gasteiger partial charge >= 0.3 is 18.4 Å². The van der Waals surface area contributed by atoms with Crippen LogP contribution in [0.4, 0.5) is 0 Å². The number of hydrogen-bond donors (Lipinski definition) is 2. The van der Waals surface area contributed by atoms with Gasteiger partial charge in [-0.15, -0.1) is 0 Å². The van der Waals surface area contributed by atoms with Crippen molar-refractivity contribution in [2.24, 2.45) is 0 Å². The van der Waals surface area contributed by atoms with E-state index in [0.717, 1.165) is 0 Å². The fraction of sp³-hybridized carbons (Fsp3) is 0.389. The highest BCUT2D eigenvalue weighted by atomic mass is 32.5. The Kier molecular flexibility index (Phi) is 6.89. The second-order valence-electron chi connectivity index (χ2n) is 6.66. The topological polar surface area (TPSA) is 129 Å². The number of ether oxygens (including phenoxy) is 2. The lowest BCUT2D eigenvalue weighted by Crippen LogP contribution is -2.33. The second kappa shape index (κ2) is 9.23. The highest BCUT2D eigenvalue weighted by molar-refractivity contribution is 8.07. The molecule has 2 heterocycles. The third-order valence-electron chi connectivity index (χ3n) is 4.32. The average molecular weight is 456 g/mol. The van der Waals surface area contributed by atoms with Gasteiger partial charge in [-0.25, -0.2) is 4.79 Å². The van der Waals surface area contributed by atoms with Crippen molar-refractivity contribution in [3.8, 4) is 5.75 Å². The Hall–Kier alpha value is -2.30. The quantitative estimate of drug-likeness (QED) is 0.469. The number of nitrogens with one attached hydrogen (secondary N) is 1. The maximum atomic E-state index is 12.2. The molecule has 1 aliphatic heterocycles. The molecule has 0 saturated carbocycles. The van der Waals surface area contributed by atoms with Crippen LogP contribution in [0.2, 0.25) is 0 Å². The fourth-order valence-electron chi connectivity index (χ4n) is 2.97. The van der Waals surface area contributed by atoms with Crippen LogP contribution in [0.15, 0.2) is 46.1 Å². The predicted molar refractivity (Wildman–Crippen MR) is 110 cm³/mol. The third-order valence-corrected chi connectivity index (χ3v) is 5.78. The average Bonchev–Trinajstić information content (AvgIpc) is 3.05. The van der Waals surface area contributed by atoms with Crippen LogP contribution in [0, 0.1) is 6.92 Å². The lowest BCUT2D eigenvalue weighted by atomic mass is 10.2. The van der Waals surface area contributed by atoms with Crippen molar-refractivity contribution in [1.29, 1.82) is 0 Å². The predicted octanol–water partition coefficient (Wildman–Crippen LogP) is 1.38. The second-order valence-corrected chi connectivity index (χ2v) is 9.42. The van der Waals surface area contributed by atoms with Gasteiger partial charge in [0, 0.05) is 36.9 Å². The van der Waals surface area contributed by atoms with Crippen molar-refractivity contribution < 1.29 is 28.2 Å². The number of aromatic amines is 1. The molecule has 4 atom stereocenters. The lowest BCUT2D eigenvalue weighted by molar-refractivity contribution is -0.150. The number of aryl methyl sites for hydroxylation is 1. The Morgan fingerprint density at radius 2 is 2.07 bits per heavy atom. The molecule has 1 aromatic heterocycles. The summed E-state index contributed by atoms with van der Waals surface area (Å²) in [7, 11) is 0. The minimum atomic E-state index is -3.65. The van der Waals surface area contributed by atoms with E-state index < -0.39 is 42.4 Å². The number of carbonyl (C=O) groups is 1. The first-order valence-electron chi connectivity index (χ1n) is 9.01. The number of carbonyl (C=O) groups excluding carboxylic acids is 1. The van der Waals surface area contributed by atoms with Gasteiger partial charge in [0.05, 0.1) is 6.61 Å². The molecule has 0 radical (unpaired) electrons. The van der Waals surface area contributed by atoms with E-state index in [4.69, 9.17) is 30.3 Å².